The van der Waals surface area contributed by atoms with Crippen molar-refractivity contribution in [1.29, 1.82) is 0 Å². The summed E-state index contributed by atoms with van der Waals surface area (Å²) >= 11 is 0. The summed E-state index contributed by atoms with van der Waals surface area (Å²) in [7, 11) is 0. The molecule has 0 radical (unpaired) electrons. The Morgan fingerprint density at radius 1 is 1.40 bits per heavy atom. The molecule has 1 amide bonds. The maximum atomic E-state index is 12.8. The lowest BCUT2D eigenvalue weighted by Gasteiger charge is -2.33. The van der Waals surface area contributed by atoms with Crippen molar-refractivity contribution in [3.8, 4) is 0 Å². The molecule has 0 spiro atoms. The van der Waals surface area contributed by atoms with Crippen LogP contribution in [0.25, 0.3) is 0 Å². The molecule has 1 fully saturated rings. The zero-order valence-electron chi connectivity index (χ0n) is 14.7. The highest BCUT2D eigenvalue weighted by Crippen LogP contribution is 2.24. The Kier molecular flexibility index (Phi) is 6.50. The molecule has 1 saturated heterocycles. The summed E-state index contributed by atoms with van der Waals surface area (Å²) in [5, 5.41) is 10.8. The second-order valence-electron chi connectivity index (χ2n) is 6.36. The van der Waals surface area contributed by atoms with E-state index in [9.17, 15) is 19.7 Å². The molecule has 25 heavy (non-hydrogen) atoms. The molecule has 1 aromatic rings. The molecule has 1 aromatic carbocycles. The standard InChI is InChI=1S/C18H24N2O5/c1-3-25-17(21)9-6-14-5-4-10-19(12-14)18(22)16-8-7-15(20(23)24)11-13(16)2/h7-8,11,14H,3-6,9-10,12H2,1-2H3/t14-/m1/s1. The van der Waals surface area contributed by atoms with Crippen molar-refractivity contribution in [3.63, 3.8) is 0 Å². The average molecular weight is 348 g/mol. The van der Waals surface area contributed by atoms with E-state index in [1.165, 1.54) is 18.2 Å². The van der Waals surface area contributed by atoms with Gasteiger partial charge in [-0.05, 0) is 50.7 Å². The van der Waals surface area contributed by atoms with Crippen LogP contribution < -0.4 is 0 Å². The van der Waals surface area contributed by atoms with Crippen LogP contribution >= 0.6 is 0 Å². The van der Waals surface area contributed by atoms with Gasteiger partial charge in [0.2, 0.25) is 0 Å². The van der Waals surface area contributed by atoms with Gasteiger partial charge in [-0.2, -0.15) is 0 Å². The van der Waals surface area contributed by atoms with E-state index in [0.29, 0.717) is 43.7 Å². The van der Waals surface area contributed by atoms with Crippen LogP contribution in [0.4, 0.5) is 5.69 Å². The summed E-state index contributed by atoms with van der Waals surface area (Å²) in [6.07, 6.45) is 2.96. The van der Waals surface area contributed by atoms with E-state index < -0.39 is 4.92 Å². The second-order valence-corrected chi connectivity index (χ2v) is 6.36. The van der Waals surface area contributed by atoms with E-state index >= 15 is 0 Å². The van der Waals surface area contributed by atoms with Gasteiger partial charge >= 0.3 is 5.97 Å². The van der Waals surface area contributed by atoms with Crippen molar-refractivity contribution in [3.05, 3.63) is 39.4 Å². The molecule has 0 N–H and O–H groups in total. The maximum absolute atomic E-state index is 12.8. The van der Waals surface area contributed by atoms with Crippen molar-refractivity contribution >= 4 is 17.6 Å². The minimum Gasteiger partial charge on any atom is -0.466 e. The highest BCUT2D eigenvalue weighted by Gasteiger charge is 2.26. The number of non-ortho nitro benzene ring substituents is 1. The third kappa shape index (κ3) is 5.01. The first-order valence-corrected chi connectivity index (χ1v) is 8.62. The highest BCUT2D eigenvalue weighted by atomic mass is 16.6. The first-order chi connectivity index (χ1) is 11.9. The SMILES string of the molecule is CCOC(=O)CC[C@H]1CCCN(C(=O)c2ccc([N+](=O)[O-])cc2C)C1. The average Bonchev–Trinajstić information content (AvgIpc) is 2.59. The van der Waals surface area contributed by atoms with Gasteiger partial charge < -0.3 is 9.64 Å². The number of nitrogens with zero attached hydrogens (tertiary/aromatic N) is 2. The number of aryl methyl sites for hydroxylation is 1. The molecule has 0 saturated carbocycles. The monoisotopic (exact) mass is 348 g/mol. The molecule has 1 aliphatic rings. The minimum absolute atomic E-state index is 0.0139. The number of likely N-dealkylation sites (tertiary alicyclic amines) is 1. The summed E-state index contributed by atoms with van der Waals surface area (Å²) in [5.41, 5.74) is 1.09. The lowest BCUT2D eigenvalue weighted by atomic mass is 9.92. The topological polar surface area (TPSA) is 89.8 Å². The molecular formula is C18H24N2O5. The van der Waals surface area contributed by atoms with Gasteiger partial charge in [0, 0.05) is 37.2 Å². The molecule has 0 bridgehead atoms. The molecule has 136 valence electrons. The molecule has 1 atom stereocenters. The minimum atomic E-state index is -0.465. The fourth-order valence-corrected chi connectivity index (χ4v) is 3.21. The van der Waals surface area contributed by atoms with Gasteiger partial charge in [0.1, 0.15) is 0 Å². The first kappa shape index (κ1) is 18.9. The van der Waals surface area contributed by atoms with Gasteiger partial charge in [-0.15, -0.1) is 0 Å². The number of nitro groups is 1. The van der Waals surface area contributed by atoms with Crippen molar-refractivity contribution in [2.24, 2.45) is 5.92 Å². The molecule has 2 rings (SSSR count). The van der Waals surface area contributed by atoms with E-state index in [1.54, 1.807) is 18.7 Å². The van der Waals surface area contributed by atoms with E-state index in [0.717, 1.165) is 12.8 Å². The lowest BCUT2D eigenvalue weighted by molar-refractivity contribution is -0.384. The molecule has 7 nitrogen and oxygen atoms in total. The number of nitro benzene ring substituents is 1. The van der Waals surface area contributed by atoms with Crippen molar-refractivity contribution < 1.29 is 19.2 Å². The number of carbonyl (C=O) groups excluding carboxylic acids is 2. The molecule has 1 aliphatic heterocycles. The van der Waals surface area contributed by atoms with Gasteiger partial charge in [-0.3, -0.25) is 19.7 Å². The Balaban J connectivity index is 1.99. The van der Waals surface area contributed by atoms with E-state index in [1.807, 2.05) is 0 Å². The van der Waals surface area contributed by atoms with Crippen LogP contribution in [0.5, 0.6) is 0 Å². The predicted molar refractivity (Wildman–Crippen MR) is 92.3 cm³/mol. The van der Waals surface area contributed by atoms with Crippen LogP contribution in [0.2, 0.25) is 0 Å². The number of amides is 1. The third-order valence-corrected chi connectivity index (χ3v) is 4.52. The van der Waals surface area contributed by atoms with Crippen LogP contribution in [0.3, 0.4) is 0 Å². The zero-order valence-corrected chi connectivity index (χ0v) is 14.7. The van der Waals surface area contributed by atoms with Crippen molar-refractivity contribution in [2.75, 3.05) is 19.7 Å². The number of ether oxygens (including phenoxy) is 1. The Bertz CT molecular complexity index is 659. The maximum Gasteiger partial charge on any atom is 0.305 e. The highest BCUT2D eigenvalue weighted by molar-refractivity contribution is 5.96. The predicted octanol–water partition coefficient (Wildman–Crippen LogP) is 3.10. The van der Waals surface area contributed by atoms with Crippen LogP contribution in [-0.4, -0.2) is 41.4 Å². The summed E-state index contributed by atoms with van der Waals surface area (Å²) in [5.74, 6) is -0.0224. The Hall–Kier alpha value is -2.44. The Morgan fingerprint density at radius 3 is 2.80 bits per heavy atom. The normalized spacial score (nSPS) is 17.2. The number of esters is 1. The molecular weight excluding hydrogens is 324 g/mol. The summed E-state index contributed by atoms with van der Waals surface area (Å²) in [6.45, 7) is 5.15. The van der Waals surface area contributed by atoms with Gasteiger partial charge in [0.15, 0.2) is 0 Å². The third-order valence-electron chi connectivity index (χ3n) is 4.52. The van der Waals surface area contributed by atoms with Crippen molar-refractivity contribution in [2.45, 2.75) is 39.5 Å². The van der Waals surface area contributed by atoms with E-state index in [4.69, 9.17) is 4.74 Å². The van der Waals surface area contributed by atoms with Crippen LogP contribution in [0.15, 0.2) is 18.2 Å². The van der Waals surface area contributed by atoms with Crippen molar-refractivity contribution in [1.82, 2.24) is 4.90 Å². The number of rotatable bonds is 6. The fourth-order valence-electron chi connectivity index (χ4n) is 3.21. The molecule has 1 heterocycles. The number of hydrogen-bond donors (Lipinski definition) is 0. The molecule has 0 aromatic heterocycles. The number of piperidine rings is 1. The van der Waals surface area contributed by atoms with E-state index in [-0.39, 0.29) is 23.5 Å². The summed E-state index contributed by atoms with van der Waals surface area (Å²) in [6, 6.07) is 4.32. The molecule has 7 heteroatoms. The van der Waals surface area contributed by atoms with Gasteiger partial charge in [-0.1, -0.05) is 0 Å². The number of hydrogen-bond acceptors (Lipinski definition) is 5. The number of benzene rings is 1. The Morgan fingerprint density at radius 2 is 2.16 bits per heavy atom. The van der Waals surface area contributed by atoms with Gasteiger partial charge in [0.05, 0.1) is 11.5 Å². The fraction of sp³-hybridized carbons (Fsp3) is 0.556. The quantitative estimate of drug-likeness (QED) is 0.448. The van der Waals surface area contributed by atoms with Crippen LogP contribution in [0.1, 0.15) is 48.5 Å². The van der Waals surface area contributed by atoms with E-state index in [2.05, 4.69) is 0 Å². The summed E-state index contributed by atoms with van der Waals surface area (Å²) in [4.78, 5) is 36.4. The lowest BCUT2D eigenvalue weighted by Crippen LogP contribution is -2.40. The van der Waals surface area contributed by atoms with Gasteiger partial charge in [-0.25, -0.2) is 0 Å². The molecule has 0 aliphatic carbocycles. The van der Waals surface area contributed by atoms with Crippen LogP contribution in [0, 0.1) is 23.0 Å². The second kappa shape index (κ2) is 8.60. The Labute approximate surface area is 147 Å². The first-order valence-electron chi connectivity index (χ1n) is 8.62. The van der Waals surface area contributed by atoms with Gasteiger partial charge in [0.25, 0.3) is 11.6 Å². The smallest absolute Gasteiger partial charge is 0.305 e. The molecule has 0 unspecified atom stereocenters. The van der Waals surface area contributed by atoms with Crippen LogP contribution in [-0.2, 0) is 9.53 Å². The zero-order chi connectivity index (χ0) is 18.4. The number of carbonyl (C=O) groups is 2. The largest absolute Gasteiger partial charge is 0.466 e. The summed E-state index contributed by atoms with van der Waals surface area (Å²) < 4.78 is 4.95.